The first kappa shape index (κ1) is 18.2. The van der Waals surface area contributed by atoms with E-state index in [2.05, 4.69) is 37.8 Å². The van der Waals surface area contributed by atoms with Gasteiger partial charge < -0.3 is 4.90 Å². The van der Waals surface area contributed by atoms with Gasteiger partial charge in [-0.25, -0.2) is 0 Å². The summed E-state index contributed by atoms with van der Waals surface area (Å²) in [6.45, 7) is 9.83. The van der Waals surface area contributed by atoms with Crippen LogP contribution in [0, 0.1) is 0 Å². The zero-order chi connectivity index (χ0) is 15.5. The molecule has 1 rings (SSSR count). The molecule has 0 fully saturated rings. The molecule has 0 unspecified atom stereocenters. The first-order chi connectivity index (χ1) is 10.2. The average Bonchev–Trinajstić information content (AvgIpc) is 2.53. The van der Waals surface area contributed by atoms with E-state index in [-0.39, 0.29) is 5.12 Å². The van der Waals surface area contributed by atoms with Crippen LogP contribution in [0.25, 0.3) is 0 Å². The Morgan fingerprint density at radius 2 is 1.90 bits per heavy atom. The number of hydrogen-bond acceptors (Lipinski definition) is 3. The Balaban J connectivity index is 2.37. The van der Waals surface area contributed by atoms with E-state index in [9.17, 15) is 4.79 Å². The first-order valence-corrected chi connectivity index (χ1v) is 9.18. The Kier molecular flexibility index (Phi) is 9.44. The van der Waals surface area contributed by atoms with Crippen LogP contribution in [-0.4, -0.2) is 35.4 Å². The Morgan fingerprint density at radius 1 is 1.14 bits per heavy atom. The summed E-state index contributed by atoms with van der Waals surface area (Å²) in [7, 11) is 0. The minimum atomic E-state index is 0.216. The van der Waals surface area contributed by atoms with Crippen LogP contribution in [0.3, 0.4) is 0 Å². The maximum Gasteiger partial charge on any atom is 0.219 e. The lowest BCUT2D eigenvalue weighted by Crippen LogP contribution is -2.24. The van der Waals surface area contributed by atoms with Crippen LogP contribution < -0.4 is 0 Å². The standard InChI is InChI=1S/C18H29NOS/c1-4-7-10-16-11-8-12-17(15-16)18(20)21-14-9-13-19(5-2)6-3/h8,11-12,15H,4-7,9-10,13-14H2,1-3H3. The molecule has 2 nitrogen and oxygen atoms in total. The highest BCUT2D eigenvalue weighted by Gasteiger charge is 2.07. The summed E-state index contributed by atoms with van der Waals surface area (Å²) >= 11 is 1.46. The van der Waals surface area contributed by atoms with Crippen LogP contribution in [0.5, 0.6) is 0 Å². The molecule has 0 heterocycles. The molecule has 0 saturated carbocycles. The maximum absolute atomic E-state index is 12.2. The molecule has 0 saturated heterocycles. The normalized spacial score (nSPS) is 11.0. The highest BCUT2D eigenvalue weighted by Crippen LogP contribution is 2.16. The van der Waals surface area contributed by atoms with Gasteiger partial charge >= 0.3 is 0 Å². The second-order valence-corrected chi connectivity index (χ2v) is 6.39. The molecule has 1 aromatic rings. The molecule has 1 aromatic carbocycles. The van der Waals surface area contributed by atoms with E-state index in [1.165, 1.54) is 30.2 Å². The quantitative estimate of drug-likeness (QED) is 0.588. The van der Waals surface area contributed by atoms with Gasteiger partial charge in [-0.1, -0.05) is 57.2 Å². The van der Waals surface area contributed by atoms with Crippen molar-refractivity contribution < 1.29 is 4.79 Å². The predicted octanol–water partition coefficient (Wildman–Crippen LogP) is 4.63. The average molecular weight is 308 g/mol. The molecule has 0 bridgehead atoms. The van der Waals surface area contributed by atoms with E-state index in [0.29, 0.717) is 0 Å². The third-order valence-corrected chi connectivity index (χ3v) is 4.72. The monoisotopic (exact) mass is 307 g/mol. The third-order valence-electron chi connectivity index (χ3n) is 3.73. The highest BCUT2D eigenvalue weighted by atomic mass is 32.2. The number of nitrogens with zero attached hydrogens (tertiary/aromatic N) is 1. The Bertz CT molecular complexity index is 415. The molecule has 0 aliphatic carbocycles. The summed E-state index contributed by atoms with van der Waals surface area (Å²) in [6.07, 6.45) is 4.53. The van der Waals surface area contributed by atoms with Crippen molar-refractivity contribution in [2.45, 2.75) is 46.5 Å². The van der Waals surface area contributed by atoms with Crippen LogP contribution in [0.1, 0.15) is 56.0 Å². The largest absolute Gasteiger partial charge is 0.304 e. The number of carbonyl (C=O) groups excluding carboxylic acids is 1. The van der Waals surface area contributed by atoms with Gasteiger partial charge in [0.15, 0.2) is 0 Å². The number of unbranched alkanes of at least 4 members (excludes halogenated alkanes) is 1. The number of hydrogen-bond donors (Lipinski definition) is 0. The van der Waals surface area contributed by atoms with Crippen molar-refractivity contribution in [3.8, 4) is 0 Å². The lowest BCUT2D eigenvalue weighted by molar-refractivity contribution is 0.108. The van der Waals surface area contributed by atoms with Crippen molar-refractivity contribution in [3.05, 3.63) is 35.4 Å². The number of carbonyl (C=O) groups is 1. The molecular weight excluding hydrogens is 278 g/mol. The van der Waals surface area contributed by atoms with Crippen molar-refractivity contribution in [1.29, 1.82) is 0 Å². The third kappa shape index (κ3) is 7.14. The molecular formula is C18H29NOS. The molecule has 0 atom stereocenters. The van der Waals surface area contributed by atoms with Crippen molar-refractivity contribution >= 4 is 16.9 Å². The Hall–Kier alpha value is -0.800. The summed E-state index contributed by atoms with van der Waals surface area (Å²) in [4.78, 5) is 14.6. The van der Waals surface area contributed by atoms with Crippen LogP contribution in [-0.2, 0) is 6.42 Å². The zero-order valence-corrected chi connectivity index (χ0v) is 14.5. The van der Waals surface area contributed by atoms with E-state index in [4.69, 9.17) is 0 Å². The summed E-state index contributed by atoms with van der Waals surface area (Å²) in [6, 6.07) is 8.14. The van der Waals surface area contributed by atoms with Crippen molar-refractivity contribution in [3.63, 3.8) is 0 Å². The van der Waals surface area contributed by atoms with Crippen molar-refractivity contribution in [2.75, 3.05) is 25.4 Å². The van der Waals surface area contributed by atoms with Gasteiger partial charge in [0, 0.05) is 11.3 Å². The van der Waals surface area contributed by atoms with Crippen molar-refractivity contribution in [2.24, 2.45) is 0 Å². The zero-order valence-electron chi connectivity index (χ0n) is 13.7. The van der Waals surface area contributed by atoms with Crippen LogP contribution in [0.15, 0.2) is 24.3 Å². The molecule has 0 aliphatic heterocycles. The summed E-state index contributed by atoms with van der Waals surface area (Å²) < 4.78 is 0. The van der Waals surface area contributed by atoms with Gasteiger partial charge in [-0.3, -0.25) is 4.79 Å². The fraction of sp³-hybridized carbons (Fsp3) is 0.611. The molecule has 3 heteroatoms. The molecule has 0 spiro atoms. The number of benzene rings is 1. The smallest absolute Gasteiger partial charge is 0.219 e. The van der Waals surface area contributed by atoms with Gasteiger partial charge in [-0.05, 0) is 50.5 Å². The topological polar surface area (TPSA) is 20.3 Å². The number of aryl methyl sites for hydroxylation is 1. The van der Waals surface area contributed by atoms with E-state index in [1.807, 2.05) is 12.1 Å². The minimum absolute atomic E-state index is 0.216. The Morgan fingerprint density at radius 3 is 2.57 bits per heavy atom. The molecule has 21 heavy (non-hydrogen) atoms. The molecule has 0 N–H and O–H groups in total. The first-order valence-electron chi connectivity index (χ1n) is 8.19. The van der Waals surface area contributed by atoms with E-state index in [0.717, 1.165) is 43.8 Å². The highest BCUT2D eigenvalue weighted by molar-refractivity contribution is 8.14. The second-order valence-electron chi connectivity index (χ2n) is 5.32. The van der Waals surface area contributed by atoms with Gasteiger partial charge in [0.2, 0.25) is 5.12 Å². The maximum atomic E-state index is 12.2. The number of rotatable bonds is 10. The lowest BCUT2D eigenvalue weighted by atomic mass is 10.1. The van der Waals surface area contributed by atoms with Gasteiger partial charge in [0.25, 0.3) is 0 Å². The van der Waals surface area contributed by atoms with Crippen LogP contribution >= 0.6 is 11.8 Å². The predicted molar refractivity (Wildman–Crippen MR) is 94.2 cm³/mol. The molecule has 118 valence electrons. The van der Waals surface area contributed by atoms with Crippen LogP contribution in [0.2, 0.25) is 0 Å². The van der Waals surface area contributed by atoms with E-state index < -0.39 is 0 Å². The van der Waals surface area contributed by atoms with Crippen molar-refractivity contribution in [1.82, 2.24) is 4.90 Å². The molecule has 0 aromatic heterocycles. The fourth-order valence-corrected chi connectivity index (χ4v) is 3.06. The molecule has 0 aliphatic rings. The Labute approximate surface area is 134 Å². The van der Waals surface area contributed by atoms with Gasteiger partial charge in [0.1, 0.15) is 0 Å². The summed E-state index contributed by atoms with van der Waals surface area (Å²) in [5, 5.41) is 0.216. The van der Waals surface area contributed by atoms with E-state index >= 15 is 0 Å². The van der Waals surface area contributed by atoms with Gasteiger partial charge in [-0.2, -0.15) is 0 Å². The molecule has 0 amide bonds. The summed E-state index contributed by atoms with van der Waals surface area (Å²) in [5.41, 5.74) is 2.14. The molecule has 0 radical (unpaired) electrons. The minimum Gasteiger partial charge on any atom is -0.304 e. The summed E-state index contributed by atoms with van der Waals surface area (Å²) in [5.74, 6) is 0.911. The fourth-order valence-electron chi connectivity index (χ4n) is 2.31. The van der Waals surface area contributed by atoms with Crippen LogP contribution in [0.4, 0.5) is 0 Å². The van der Waals surface area contributed by atoms with Gasteiger partial charge in [-0.15, -0.1) is 0 Å². The SMILES string of the molecule is CCCCc1cccc(C(=O)SCCCN(CC)CC)c1. The lowest BCUT2D eigenvalue weighted by Gasteiger charge is -2.17. The number of thioether (sulfide) groups is 1. The second kappa shape index (κ2) is 10.9. The van der Waals surface area contributed by atoms with Gasteiger partial charge in [0.05, 0.1) is 0 Å². The van der Waals surface area contributed by atoms with E-state index in [1.54, 1.807) is 0 Å².